The fourth-order valence-electron chi connectivity index (χ4n) is 4.04. The van der Waals surface area contributed by atoms with Crippen molar-refractivity contribution in [2.24, 2.45) is 4.99 Å². The van der Waals surface area contributed by atoms with Crippen LogP contribution in [0.5, 0.6) is 0 Å². The van der Waals surface area contributed by atoms with E-state index < -0.39 is 0 Å². The Labute approximate surface area is 181 Å². The van der Waals surface area contributed by atoms with Gasteiger partial charge in [0.15, 0.2) is 0 Å². The smallest absolute Gasteiger partial charge is 0.104 e. The Bertz CT molecular complexity index is 1210. The SMILES string of the molecule is CSC(=NC(=C1c2ccccc2-c2ccccc21)c1ccccc1)c1ccccc1. The van der Waals surface area contributed by atoms with Crippen molar-refractivity contribution in [1.82, 2.24) is 0 Å². The van der Waals surface area contributed by atoms with Crippen LogP contribution < -0.4 is 0 Å². The van der Waals surface area contributed by atoms with Crippen LogP contribution in [0.4, 0.5) is 0 Å². The van der Waals surface area contributed by atoms with E-state index in [9.17, 15) is 0 Å². The molecule has 5 rings (SSSR count). The van der Waals surface area contributed by atoms with Gasteiger partial charge in [0.2, 0.25) is 0 Å². The standard InChI is InChI=1S/C28H21NS/c1-30-28(21-14-6-3-7-15-21)29-27(20-12-4-2-5-13-20)26-24-18-10-8-16-22(24)23-17-9-11-19-25(23)26/h2-19H,1H3. The number of benzene rings is 4. The van der Waals surface area contributed by atoms with Crippen LogP contribution in [0.25, 0.3) is 22.4 Å². The molecule has 0 atom stereocenters. The van der Waals surface area contributed by atoms with Crippen LogP contribution in [0.15, 0.2) is 114 Å². The van der Waals surface area contributed by atoms with Gasteiger partial charge >= 0.3 is 0 Å². The van der Waals surface area contributed by atoms with E-state index in [-0.39, 0.29) is 0 Å². The molecule has 0 spiro atoms. The first kappa shape index (κ1) is 18.7. The Morgan fingerprint density at radius 2 is 0.967 bits per heavy atom. The van der Waals surface area contributed by atoms with E-state index in [1.54, 1.807) is 11.8 Å². The van der Waals surface area contributed by atoms with Gasteiger partial charge in [-0.25, -0.2) is 4.99 Å². The van der Waals surface area contributed by atoms with Crippen LogP contribution in [-0.2, 0) is 0 Å². The predicted molar refractivity (Wildman–Crippen MR) is 131 cm³/mol. The van der Waals surface area contributed by atoms with E-state index in [1.807, 2.05) is 6.07 Å². The van der Waals surface area contributed by atoms with Gasteiger partial charge in [-0.3, -0.25) is 0 Å². The molecule has 1 aliphatic rings. The van der Waals surface area contributed by atoms with Crippen LogP contribution >= 0.6 is 11.8 Å². The second-order valence-electron chi connectivity index (χ2n) is 7.17. The van der Waals surface area contributed by atoms with E-state index in [0.717, 1.165) is 21.9 Å². The zero-order valence-corrected chi connectivity index (χ0v) is 17.6. The molecule has 30 heavy (non-hydrogen) atoms. The van der Waals surface area contributed by atoms with Gasteiger partial charge in [0, 0.05) is 16.7 Å². The van der Waals surface area contributed by atoms with E-state index in [1.165, 1.54) is 27.8 Å². The summed E-state index contributed by atoms with van der Waals surface area (Å²) in [5, 5.41) is 1.02. The minimum Gasteiger partial charge on any atom is -0.240 e. The summed E-state index contributed by atoms with van der Waals surface area (Å²) in [6.45, 7) is 0. The van der Waals surface area contributed by atoms with Crippen molar-refractivity contribution in [3.05, 3.63) is 131 Å². The topological polar surface area (TPSA) is 12.4 Å². The maximum absolute atomic E-state index is 5.27. The Morgan fingerprint density at radius 3 is 1.47 bits per heavy atom. The lowest BCUT2D eigenvalue weighted by atomic mass is 9.98. The molecule has 1 nitrogen and oxygen atoms in total. The summed E-state index contributed by atoms with van der Waals surface area (Å²) in [5.74, 6) is 0. The van der Waals surface area contributed by atoms with Crippen LogP contribution in [0, 0.1) is 0 Å². The highest BCUT2D eigenvalue weighted by molar-refractivity contribution is 8.13. The number of hydrogen-bond donors (Lipinski definition) is 0. The molecule has 144 valence electrons. The first-order valence-corrected chi connectivity index (χ1v) is 11.3. The molecule has 2 heteroatoms. The molecule has 0 bridgehead atoms. The summed E-state index contributed by atoms with van der Waals surface area (Å²) >= 11 is 1.68. The highest BCUT2D eigenvalue weighted by Gasteiger charge is 2.26. The minimum absolute atomic E-state index is 1.02. The van der Waals surface area contributed by atoms with E-state index in [0.29, 0.717) is 0 Å². The number of rotatable bonds is 3. The average Bonchev–Trinajstić information content (AvgIpc) is 3.16. The van der Waals surface area contributed by atoms with Crippen LogP contribution in [-0.4, -0.2) is 11.3 Å². The molecule has 0 aliphatic heterocycles. The molecule has 0 unspecified atom stereocenters. The molecule has 0 radical (unpaired) electrons. The van der Waals surface area contributed by atoms with Gasteiger partial charge in [-0.05, 0) is 28.5 Å². The molecule has 4 aromatic rings. The third-order valence-electron chi connectivity index (χ3n) is 5.39. The summed E-state index contributed by atoms with van der Waals surface area (Å²) in [6.07, 6.45) is 2.09. The number of hydrogen-bond acceptors (Lipinski definition) is 2. The Balaban J connectivity index is 1.84. The van der Waals surface area contributed by atoms with Gasteiger partial charge < -0.3 is 0 Å². The van der Waals surface area contributed by atoms with Crippen molar-refractivity contribution >= 4 is 28.1 Å². The van der Waals surface area contributed by atoms with Crippen molar-refractivity contribution in [3.8, 4) is 11.1 Å². The van der Waals surface area contributed by atoms with E-state index in [2.05, 4.69) is 109 Å². The monoisotopic (exact) mass is 403 g/mol. The zero-order chi connectivity index (χ0) is 20.3. The van der Waals surface area contributed by atoms with Crippen molar-refractivity contribution in [2.45, 2.75) is 0 Å². The molecule has 0 heterocycles. The number of aliphatic imine (C=N–C) groups is 1. The largest absolute Gasteiger partial charge is 0.240 e. The number of thioether (sulfide) groups is 1. The molecule has 0 saturated heterocycles. The molecular weight excluding hydrogens is 382 g/mol. The molecule has 1 aliphatic carbocycles. The van der Waals surface area contributed by atoms with Crippen molar-refractivity contribution in [1.29, 1.82) is 0 Å². The Kier molecular flexibility index (Phi) is 5.08. The van der Waals surface area contributed by atoms with Gasteiger partial charge in [-0.2, -0.15) is 0 Å². The molecule has 0 saturated carbocycles. The maximum atomic E-state index is 5.27. The van der Waals surface area contributed by atoms with Crippen LogP contribution in [0.2, 0.25) is 0 Å². The first-order valence-electron chi connectivity index (χ1n) is 10.0. The average molecular weight is 404 g/mol. The summed E-state index contributed by atoms with van der Waals surface area (Å²) < 4.78 is 0. The first-order chi connectivity index (χ1) is 14.9. The molecular formula is C28H21NS. The summed E-state index contributed by atoms with van der Waals surface area (Å²) in [6, 6.07) is 38.2. The second kappa shape index (κ2) is 8.17. The van der Waals surface area contributed by atoms with Crippen molar-refractivity contribution < 1.29 is 0 Å². The highest BCUT2D eigenvalue weighted by Crippen LogP contribution is 2.47. The number of fused-ring (bicyclic) bond motifs is 3. The Morgan fingerprint density at radius 1 is 0.533 bits per heavy atom. The molecule has 0 aromatic heterocycles. The summed E-state index contributed by atoms with van der Waals surface area (Å²) in [7, 11) is 0. The van der Waals surface area contributed by atoms with Crippen molar-refractivity contribution in [3.63, 3.8) is 0 Å². The summed E-state index contributed by atoms with van der Waals surface area (Å²) in [5.41, 5.74) is 9.52. The van der Waals surface area contributed by atoms with Crippen LogP contribution in [0.3, 0.4) is 0 Å². The van der Waals surface area contributed by atoms with Gasteiger partial charge in [0.25, 0.3) is 0 Å². The lowest BCUT2D eigenvalue weighted by Gasteiger charge is -2.13. The van der Waals surface area contributed by atoms with Crippen LogP contribution in [0.1, 0.15) is 22.3 Å². The predicted octanol–water partition coefficient (Wildman–Crippen LogP) is 7.39. The normalized spacial score (nSPS) is 12.4. The fraction of sp³-hybridized carbons (Fsp3) is 0.0357. The molecule has 0 amide bonds. The maximum Gasteiger partial charge on any atom is 0.104 e. The molecule has 0 N–H and O–H groups in total. The lowest BCUT2D eigenvalue weighted by molar-refractivity contribution is 1.49. The molecule has 0 fully saturated rings. The second-order valence-corrected chi connectivity index (χ2v) is 7.96. The minimum atomic E-state index is 1.02. The summed E-state index contributed by atoms with van der Waals surface area (Å²) in [4.78, 5) is 5.27. The third kappa shape index (κ3) is 3.30. The Hall–Kier alpha value is -3.36. The van der Waals surface area contributed by atoms with Gasteiger partial charge in [-0.15, -0.1) is 11.8 Å². The van der Waals surface area contributed by atoms with Gasteiger partial charge in [0.1, 0.15) is 5.04 Å². The van der Waals surface area contributed by atoms with E-state index in [4.69, 9.17) is 4.99 Å². The fourth-order valence-corrected chi connectivity index (χ4v) is 4.60. The van der Waals surface area contributed by atoms with Gasteiger partial charge in [-0.1, -0.05) is 109 Å². The van der Waals surface area contributed by atoms with Gasteiger partial charge in [0.05, 0.1) is 5.70 Å². The lowest BCUT2D eigenvalue weighted by Crippen LogP contribution is -1.98. The van der Waals surface area contributed by atoms with E-state index >= 15 is 0 Å². The number of nitrogens with zero attached hydrogens (tertiary/aromatic N) is 1. The zero-order valence-electron chi connectivity index (χ0n) is 16.7. The third-order valence-corrected chi connectivity index (χ3v) is 6.11. The quantitative estimate of drug-likeness (QED) is 0.226. The molecule has 4 aromatic carbocycles. The highest BCUT2D eigenvalue weighted by atomic mass is 32.2. The van der Waals surface area contributed by atoms with Crippen molar-refractivity contribution in [2.75, 3.05) is 6.26 Å².